The number of hydrogen-bond donors (Lipinski definition) is 2. The van der Waals surface area contributed by atoms with Gasteiger partial charge in [0.05, 0.1) is 19.8 Å². The van der Waals surface area contributed by atoms with Gasteiger partial charge in [0.15, 0.2) is 0 Å². The van der Waals surface area contributed by atoms with Crippen LogP contribution in [0.4, 0.5) is 8.78 Å². The van der Waals surface area contributed by atoms with Gasteiger partial charge < -0.3 is 19.9 Å². The van der Waals surface area contributed by atoms with Crippen LogP contribution in [0.1, 0.15) is 18.5 Å². The van der Waals surface area contributed by atoms with E-state index >= 15 is 0 Å². The van der Waals surface area contributed by atoms with E-state index in [9.17, 15) is 8.78 Å². The van der Waals surface area contributed by atoms with Gasteiger partial charge in [0.1, 0.15) is 5.75 Å². The van der Waals surface area contributed by atoms with Crippen molar-refractivity contribution in [1.29, 1.82) is 0 Å². The van der Waals surface area contributed by atoms with E-state index in [0.29, 0.717) is 19.8 Å². The highest BCUT2D eigenvalue weighted by Crippen LogP contribution is 2.18. The fraction of sp³-hybridized carbons (Fsp3) is 0.538. The molecule has 0 fully saturated rings. The topological polar surface area (TPSA) is 50.7 Å². The van der Waals surface area contributed by atoms with Gasteiger partial charge in [0.2, 0.25) is 0 Å². The second-order valence-corrected chi connectivity index (χ2v) is 3.96. The maximum Gasteiger partial charge on any atom is 0.387 e. The average molecular weight is 275 g/mol. The monoisotopic (exact) mass is 275 g/mol. The van der Waals surface area contributed by atoms with Gasteiger partial charge in [-0.2, -0.15) is 8.78 Å². The number of rotatable bonds is 9. The standard InChI is InChI=1S/C13H19F2NO3/c1-10(16-6-8-18-9-7-17)11-2-4-12(5-3-11)19-13(14)15/h2-5,10,13,16-17H,6-9H2,1H3. The molecular weight excluding hydrogens is 256 g/mol. The largest absolute Gasteiger partial charge is 0.435 e. The summed E-state index contributed by atoms with van der Waals surface area (Å²) < 4.78 is 33.4. The quantitative estimate of drug-likeness (QED) is 0.676. The molecule has 0 bridgehead atoms. The Balaban J connectivity index is 2.33. The van der Waals surface area contributed by atoms with Crippen molar-refractivity contribution < 1.29 is 23.4 Å². The number of ether oxygens (including phenoxy) is 2. The molecular formula is C13H19F2NO3. The number of hydrogen-bond acceptors (Lipinski definition) is 4. The van der Waals surface area contributed by atoms with Crippen LogP contribution in [0.2, 0.25) is 0 Å². The lowest BCUT2D eigenvalue weighted by molar-refractivity contribution is -0.0498. The first kappa shape index (κ1) is 15.8. The third kappa shape index (κ3) is 6.47. The van der Waals surface area contributed by atoms with Crippen molar-refractivity contribution >= 4 is 0 Å². The summed E-state index contributed by atoms with van der Waals surface area (Å²) in [5.74, 6) is 0.150. The molecule has 4 nitrogen and oxygen atoms in total. The van der Waals surface area contributed by atoms with Crippen LogP contribution in [0, 0.1) is 0 Å². The Bertz CT molecular complexity index is 346. The summed E-state index contributed by atoms with van der Waals surface area (Å²) in [5.41, 5.74) is 0.976. The number of benzene rings is 1. The van der Waals surface area contributed by atoms with Crippen LogP contribution in [-0.4, -0.2) is 38.1 Å². The molecule has 0 amide bonds. The molecule has 0 aliphatic rings. The minimum absolute atomic E-state index is 0.0150. The maximum absolute atomic E-state index is 12.0. The Hall–Kier alpha value is -1.24. The second kappa shape index (κ2) is 8.79. The Labute approximate surface area is 111 Å². The molecule has 108 valence electrons. The summed E-state index contributed by atoms with van der Waals surface area (Å²) in [5, 5.41) is 11.8. The van der Waals surface area contributed by atoms with Crippen LogP contribution >= 0.6 is 0 Å². The zero-order valence-electron chi connectivity index (χ0n) is 10.8. The van der Waals surface area contributed by atoms with Crippen LogP contribution in [0.3, 0.4) is 0 Å². The first-order valence-corrected chi connectivity index (χ1v) is 6.10. The lowest BCUT2D eigenvalue weighted by atomic mass is 10.1. The molecule has 0 aliphatic heterocycles. The zero-order valence-corrected chi connectivity index (χ0v) is 10.8. The first-order valence-electron chi connectivity index (χ1n) is 6.10. The van der Waals surface area contributed by atoms with E-state index in [0.717, 1.165) is 5.56 Å². The third-order valence-electron chi connectivity index (χ3n) is 2.54. The van der Waals surface area contributed by atoms with Crippen molar-refractivity contribution in [3.05, 3.63) is 29.8 Å². The van der Waals surface area contributed by atoms with Crippen molar-refractivity contribution in [3.8, 4) is 5.75 Å². The normalized spacial score (nSPS) is 12.7. The summed E-state index contributed by atoms with van der Waals surface area (Å²) in [6.45, 7) is 0.671. The van der Waals surface area contributed by atoms with Crippen LogP contribution in [0.25, 0.3) is 0 Å². The van der Waals surface area contributed by atoms with Gasteiger partial charge >= 0.3 is 6.61 Å². The molecule has 0 saturated carbocycles. The lowest BCUT2D eigenvalue weighted by Crippen LogP contribution is -2.23. The Kier molecular flexibility index (Phi) is 7.32. The highest BCUT2D eigenvalue weighted by molar-refractivity contribution is 5.28. The molecule has 0 saturated heterocycles. The van der Waals surface area contributed by atoms with Gasteiger partial charge in [-0.25, -0.2) is 0 Å². The van der Waals surface area contributed by atoms with Crippen LogP contribution < -0.4 is 10.1 Å². The maximum atomic E-state index is 12.0. The van der Waals surface area contributed by atoms with Crippen LogP contribution in [0.5, 0.6) is 5.75 Å². The summed E-state index contributed by atoms with van der Waals surface area (Å²) in [6.07, 6.45) is 0. The predicted molar refractivity (Wildman–Crippen MR) is 67.4 cm³/mol. The molecule has 19 heavy (non-hydrogen) atoms. The van der Waals surface area contributed by atoms with E-state index in [2.05, 4.69) is 10.1 Å². The van der Waals surface area contributed by atoms with Crippen LogP contribution in [-0.2, 0) is 4.74 Å². The highest BCUT2D eigenvalue weighted by atomic mass is 19.3. The van der Waals surface area contributed by atoms with Gasteiger partial charge in [-0.05, 0) is 24.6 Å². The minimum Gasteiger partial charge on any atom is -0.435 e. The SMILES string of the molecule is CC(NCCOCCO)c1ccc(OC(F)F)cc1. The average Bonchev–Trinajstić information content (AvgIpc) is 2.38. The predicted octanol–water partition coefficient (Wildman–Crippen LogP) is 1.95. The Morgan fingerprint density at radius 3 is 2.47 bits per heavy atom. The van der Waals surface area contributed by atoms with Crippen molar-refractivity contribution in [1.82, 2.24) is 5.32 Å². The zero-order chi connectivity index (χ0) is 14.1. The molecule has 0 heterocycles. The van der Waals surface area contributed by atoms with Gasteiger partial charge in [0, 0.05) is 12.6 Å². The summed E-state index contributed by atoms with van der Waals surface area (Å²) in [4.78, 5) is 0. The van der Waals surface area contributed by atoms with E-state index in [4.69, 9.17) is 9.84 Å². The van der Waals surface area contributed by atoms with Crippen molar-refractivity contribution in [2.24, 2.45) is 0 Å². The molecule has 6 heteroatoms. The number of alkyl halides is 2. The van der Waals surface area contributed by atoms with E-state index in [1.165, 1.54) is 12.1 Å². The van der Waals surface area contributed by atoms with Crippen molar-refractivity contribution in [2.45, 2.75) is 19.6 Å². The van der Waals surface area contributed by atoms with Crippen LogP contribution in [0.15, 0.2) is 24.3 Å². The summed E-state index contributed by atoms with van der Waals surface area (Å²) in [6, 6.07) is 6.59. The molecule has 0 spiro atoms. The molecule has 1 aromatic carbocycles. The second-order valence-electron chi connectivity index (χ2n) is 3.96. The molecule has 0 radical (unpaired) electrons. The number of halogens is 2. The van der Waals surface area contributed by atoms with E-state index in [1.807, 2.05) is 6.92 Å². The molecule has 1 rings (SSSR count). The van der Waals surface area contributed by atoms with Gasteiger partial charge in [-0.3, -0.25) is 0 Å². The van der Waals surface area contributed by atoms with Gasteiger partial charge in [-0.15, -0.1) is 0 Å². The van der Waals surface area contributed by atoms with E-state index in [-0.39, 0.29) is 18.4 Å². The fourth-order valence-electron chi connectivity index (χ4n) is 1.57. The van der Waals surface area contributed by atoms with Gasteiger partial charge in [-0.1, -0.05) is 12.1 Å². The van der Waals surface area contributed by atoms with E-state index < -0.39 is 6.61 Å². The molecule has 1 unspecified atom stereocenters. The number of aliphatic hydroxyl groups excluding tert-OH is 1. The molecule has 0 aromatic heterocycles. The molecule has 0 aliphatic carbocycles. The Morgan fingerprint density at radius 1 is 1.21 bits per heavy atom. The third-order valence-corrected chi connectivity index (χ3v) is 2.54. The van der Waals surface area contributed by atoms with Crippen molar-refractivity contribution in [2.75, 3.05) is 26.4 Å². The minimum atomic E-state index is -2.80. The lowest BCUT2D eigenvalue weighted by Gasteiger charge is -2.15. The van der Waals surface area contributed by atoms with Crippen molar-refractivity contribution in [3.63, 3.8) is 0 Å². The first-order chi connectivity index (χ1) is 9.13. The Morgan fingerprint density at radius 2 is 1.89 bits per heavy atom. The summed E-state index contributed by atoms with van der Waals surface area (Å²) >= 11 is 0. The molecule has 1 aromatic rings. The number of nitrogens with one attached hydrogen (secondary N) is 1. The summed E-state index contributed by atoms with van der Waals surface area (Å²) in [7, 11) is 0. The fourth-order valence-corrected chi connectivity index (χ4v) is 1.57. The van der Waals surface area contributed by atoms with Gasteiger partial charge in [0.25, 0.3) is 0 Å². The smallest absolute Gasteiger partial charge is 0.387 e. The number of aliphatic hydroxyl groups is 1. The van der Waals surface area contributed by atoms with E-state index in [1.54, 1.807) is 12.1 Å². The highest BCUT2D eigenvalue weighted by Gasteiger charge is 2.07. The molecule has 2 N–H and O–H groups in total. The molecule has 1 atom stereocenters.